The lowest BCUT2D eigenvalue weighted by Gasteiger charge is -2.17. The predicted octanol–water partition coefficient (Wildman–Crippen LogP) is 2.46. The van der Waals surface area contributed by atoms with Gasteiger partial charge < -0.3 is 14.8 Å². The van der Waals surface area contributed by atoms with Crippen molar-refractivity contribution < 1.29 is 14.6 Å². The average Bonchev–Trinajstić information content (AvgIpc) is 2.93. The molecule has 0 amide bonds. The summed E-state index contributed by atoms with van der Waals surface area (Å²) >= 11 is 1.39. The minimum absolute atomic E-state index is 0.323. The summed E-state index contributed by atoms with van der Waals surface area (Å²) in [7, 11) is 1.62. The molecule has 116 valence electrons. The van der Waals surface area contributed by atoms with Crippen molar-refractivity contribution in [1.29, 1.82) is 0 Å². The van der Waals surface area contributed by atoms with Crippen LogP contribution in [0.25, 0.3) is 21.3 Å². The molecular formula is C16H12N2O4S. The van der Waals surface area contributed by atoms with Gasteiger partial charge in [0.1, 0.15) is 10.6 Å². The SMILES string of the molecule is COc1ccc2c(c1)CCc1sc3nc(C(=O)O)[nH]c(=O)c3c1-2. The van der Waals surface area contributed by atoms with Crippen LogP contribution < -0.4 is 10.3 Å². The number of aromatic carboxylic acids is 1. The predicted molar refractivity (Wildman–Crippen MR) is 86.6 cm³/mol. The molecule has 2 N–H and O–H groups in total. The van der Waals surface area contributed by atoms with Crippen molar-refractivity contribution in [3.8, 4) is 16.9 Å². The second-order valence-corrected chi connectivity index (χ2v) is 6.41. The third kappa shape index (κ3) is 2.04. The number of ether oxygens (including phenoxy) is 1. The van der Waals surface area contributed by atoms with Crippen molar-refractivity contribution in [3.05, 3.63) is 44.8 Å². The Hall–Kier alpha value is -2.67. The Kier molecular flexibility index (Phi) is 2.99. The molecule has 2 aromatic heterocycles. The number of carboxylic acids is 1. The number of H-pyrrole nitrogens is 1. The number of aromatic nitrogens is 2. The zero-order valence-corrected chi connectivity index (χ0v) is 13.0. The minimum atomic E-state index is -1.24. The van der Waals surface area contributed by atoms with Crippen LogP contribution >= 0.6 is 11.3 Å². The number of methoxy groups -OCH3 is 1. The first-order chi connectivity index (χ1) is 11.1. The number of fused-ring (bicyclic) bond motifs is 5. The lowest BCUT2D eigenvalue weighted by Crippen LogP contribution is -2.15. The van der Waals surface area contributed by atoms with Crippen molar-refractivity contribution in [2.24, 2.45) is 0 Å². The molecule has 0 radical (unpaired) electrons. The van der Waals surface area contributed by atoms with E-state index in [9.17, 15) is 9.59 Å². The van der Waals surface area contributed by atoms with Crippen molar-refractivity contribution in [1.82, 2.24) is 9.97 Å². The topological polar surface area (TPSA) is 92.3 Å². The standard InChI is InChI=1S/C16H12N2O4S/c1-22-8-3-4-9-7(6-8)2-5-10-11(9)12-14(19)17-13(16(20)21)18-15(12)23-10/h3-4,6H,2,5H2,1H3,(H,20,21)(H,17,18,19). The highest BCUT2D eigenvalue weighted by atomic mass is 32.1. The molecule has 0 saturated carbocycles. The van der Waals surface area contributed by atoms with E-state index in [1.54, 1.807) is 7.11 Å². The summed E-state index contributed by atoms with van der Waals surface area (Å²) in [6.45, 7) is 0. The Balaban J connectivity index is 2.03. The number of nitrogens with one attached hydrogen (secondary N) is 1. The summed E-state index contributed by atoms with van der Waals surface area (Å²) < 4.78 is 5.26. The Morgan fingerprint density at radius 3 is 2.96 bits per heavy atom. The summed E-state index contributed by atoms with van der Waals surface area (Å²) in [4.78, 5) is 31.4. The molecule has 0 aliphatic heterocycles. The Bertz CT molecular complexity index is 1020. The Morgan fingerprint density at radius 1 is 1.39 bits per heavy atom. The van der Waals surface area contributed by atoms with Gasteiger partial charge in [0.05, 0.1) is 12.5 Å². The highest BCUT2D eigenvalue weighted by Crippen LogP contribution is 2.42. The minimum Gasteiger partial charge on any atom is -0.497 e. The van der Waals surface area contributed by atoms with Gasteiger partial charge in [-0.15, -0.1) is 11.3 Å². The molecule has 2 heterocycles. The third-order valence-corrected chi connectivity index (χ3v) is 5.18. The summed E-state index contributed by atoms with van der Waals surface area (Å²) in [5.74, 6) is -0.775. The molecule has 0 atom stereocenters. The molecule has 1 aliphatic carbocycles. The van der Waals surface area contributed by atoms with E-state index in [4.69, 9.17) is 9.84 Å². The fourth-order valence-electron chi connectivity index (χ4n) is 3.01. The summed E-state index contributed by atoms with van der Waals surface area (Å²) in [6.07, 6.45) is 1.66. The lowest BCUT2D eigenvalue weighted by molar-refractivity contribution is 0.0683. The number of hydrogen-bond acceptors (Lipinski definition) is 5. The number of aromatic amines is 1. The van der Waals surface area contributed by atoms with Gasteiger partial charge in [0, 0.05) is 10.4 Å². The normalized spacial score (nSPS) is 12.7. The molecule has 0 spiro atoms. The van der Waals surface area contributed by atoms with Gasteiger partial charge in [-0.3, -0.25) is 4.79 Å². The van der Waals surface area contributed by atoms with Crippen molar-refractivity contribution >= 4 is 27.5 Å². The molecule has 3 aromatic rings. The first-order valence-electron chi connectivity index (χ1n) is 7.04. The fraction of sp³-hybridized carbons (Fsp3) is 0.188. The molecule has 7 heteroatoms. The largest absolute Gasteiger partial charge is 0.497 e. The quantitative estimate of drug-likeness (QED) is 0.754. The van der Waals surface area contributed by atoms with Crippen LogP contribution in [0, 0.1) is 0 Å². The maximum Gasteiger partial charge on any atom is 0.372 e. The summed E-state index contributed by atoms with van der Waals surface area (Å²) in [6, 6.07) is 5.79. The van der Waals surface area contributed by atoms with E-state index in [0.717, 1.165) is 40.2 Å². The van der Waals surface area contributed by atoms with Crippen LogP contribution in [0.5, 0.6) is 5.75 Å². The van der Waals surface area contributed by atoms with Crippen LogP contribution in [0.3, 0.4) is 0 Å². The van der Waals surface area contributed by atoms with Gasteiger partial charge in [0.2, 0.25) is 5.82 Å². The van der Waals surface area contributed by atoms with Crippen LogP contribution in [0.4, 0.5) is 0 Å². The van der Waals surface area contributed by atoms with E-state index in [-0.39, 0.29) is 5.82 Å². The first kappa shape index (κ1) is 14.0. The molecule has 23 heavy (non-hydrogen) atoms. The number of hydrogen-bond donors (Lipinski definition) is 2. The molecule has 0 unspecified atom stereocenters. The fourth-order valence-corrected chi connectivity index (χ4v) is 4.20. The van der Waals surface area contributed by atoms with Crippen molar-refractivity contribution in [3.63, 3.8) is 0 Å². The second kappa shape index (κ2) is 4.92. The van der Waals surface area contributed by atoms with Gasteiger partial charge >= 0.3 is 5.97 Å². The van der Waals surface area contributed by atoms with E-state index in [0.29, 0.717) is 10.2 Å². The monoisotopic (exact) mass is 328 g/mol. The Morgan fingerprint density at radius 2 is 2.22 bits per heavy atom. The molecule has 6 nitrogen and oxygen atoms in total. The molecule has 0 saturated heterocycles. The number of thiophene rings is 1. The van der Waals surface area contributed by atoms with E-state index in [1.807, 2.05) is 18.2 Å². The maximum atomic E-state index is 12.4. The van der Waals surface area contributed by atoms with Crippen LogP contribution in [0.1, 0.15) is 21.1 Å². The summed E-state index contributed by atoms with van der Waals surface area (Å²) in [5.41, 5.74) is 2.58. The highest BCUT2D eigenvalue weighted by Gasteiger charge is 2.25. The number of benzene rings is 1. The zero-order chi connectivity index (χ0) is 16.1. The lowest BCUT2D eigenvalue weighted by atomic mass is 9.89. The molecule has 1 aliphatic rings. The van der Waals surface area contributed by atoms with Gasteiger partial charge in [-0.1, -0.05) is 6.07 Å². The molecule has 0 bridgehead atoms. The Labute approximate surface area is 134 Å². The van der Waals surface area contributed by atoms with Crippen LogP contribution in [0.2, 0.25) is 0 Å². The van der Waals surface area contributed by atoms with Crippen molar-refractivity contribution in [2.45, 2.75) is 12.8 Å². The smallest absolute Gasteiger partial charge is 0.372 e. The van der Waals surface area contributed by atoms with Crippen LogP contribution in [0.15, 0.2) is 23.0 Å². The van der Waals surface area contributed by atoms with Gasteiger partial charge in [-0.2, -0.15) is 0 Å². The molecule has 1 aromatic carbocycles. The maximum absolute atomic E-state index is 12.4. The average molecular weight is 328 g/mol. The third-order valence-electron chi connectivity index (χ3n) is 4.04. The molecule has 0 fully saturated rings. The second-order valence-electron chi connectivity index (χ2n) is 5.32. The van der Waals surface area contributed by atoms with E-state index >= 15 is 0 Å². The van der Waals surface area contributed by atoms with Gasteiger partial charge in [-0.05, 0) is 36.1 Å². The summed E-state index contributed by atoms with van der Waals surface area (Å²) in [5, 5.41) is 9.52. The van der Waals surface area contributed by atoms with E-state index in [1.165, 1.54) is 11.3 Å². The number of nitrogens with zero attached hydrogens (tertiary/aromatic N) is 1. The number of carboxylic acid groups (broad SMARTS) is 1. The van der Waals surface area contributed by atoms with Gasteiger partial charge in [-0.25, -0.2) is 9.78 Å². The number of aryl methyl sites for hydroxylation is 2. The van der Waals surface area contributed by atoms with Crippen LogP contribution in [-0.2, 0) is 12.8 Å². The number of rotatable bonds is 2. The molecule has 4 rings (SSSR count). The van der Waals surface area contributed by atoms with Gasteiger partial charge in [0.15, 0.2) is 0 Å². The van der Waals surface area contributed by atoms with Crippen molar-refractivity contribution in [2.75, 3.05) is 7.11 Å². The molecular weight excluding hydrogens is 316 g/mol. The highest BCUT2D eigenvalue weighted by molar-refractivity contribution is 7.19. The van der Waals surface area contributed by atoms with Gasteiger partial charge in [0.25, 0.3) is 5.56 Å². The van der Waals surface area contributed by atoms with E-state index in [2.05, 4.69) is 9.97 Å². The number of carbonyl (C=O) groups is 1. The zero-order valence-electron chi connectivity index (χ0n) is 12.2. The van der Waals surface area contributed by atoms with E-state index < -0.39 is 11.5 Å². The first-order valence-corrected chi connectivity index (χ1v) is 7.86. The van der Waals surface area contributed by atoms with Crippen LogP contribution in [-0.4, -0.2) is 28.2 Å².